The third-order valence-corrected chi connectivity index (χ3v) is 1.29. The fraction of sp³-hybridized carbons (Fsp3) is 0.750. The molecule has 7 heteroatoms. The van der Waals surface area contributed by atoms with Gasteiger partial charge in [-0.2, -0.15) is 18.4 Å². The minimum atomic E-state index is -4.42. The number of rotatable bonds is 6. The minimum Gasteiger partial charge on any atom is -0.362 e. The Balaban J connectivity index is 3.39. The molecular weight excluding hydrogens is 213 g/mol. The smallest absolute Gasteiger partial charge is 0.362 e. The Morgan fingerprint density at radius 2 is 2.13 bits per heavy atom. The highest BCUT2D eigenvalue weighted by Crippen LogP contribution is 2.13. The molecule has 0 saturated heterocycles. The number of nitrogens with zero attached hydrogens (tertiary/aromatic N) is 1. The molecule has 0 rings (SSSR count). The van der Waals surface area contributed by atoms with Gasteiger partial charge in [0, 0.05) is 13.0 Å². The molecule has 0 aliphatic rings. The Bertz CT molecular complexity index is 235. The second kappa shape index (κ2) is 7.06. The Morgan fingerprint density at radius 3 is 2.67 bits per heavy atom. The van der Waals surface area contributed by atoms with E-state index >= 15 is 0 Å². The van der Waals surface area contributed by atoms with Crippen LogP contribution in [0.4, 0.5) is 13.2 Å². The number of amides is 1. The van der Waals surface area contributed by atoms with Crippen LogP contribution in [0.5, 0.6) is 0 Å². The standard InChI is InChI=1S/C8H11F3N2O2/c9-8(10,11)6-15-5-7(14)13-4-2-1-3-12/h1-2,4-6H2,(H,13,14). The van der Waals surface area contributed by atoms with Crippen LogP contribution < -0.4 is 5.32 Å². The number of hydrogen-bond donors (Lipinski definition) is 1. The van der Waals surface area contributed by atoms with Gasteiger partial charge in [-0.3, -0.25) is 4.79 Å². The summed E-state index contributed by atoms with van der Waals surface area (Å²) < 4.78 is 38.8. The van der Waals surface area contributed by atoms with Crippen molar-refractivity contribution in [2.24, 2.45) is 0 Å². The van der Waals surface area contributed by atoms with Gasteiger partial charge >= 0.3 is 6.18 Å². The van der Waals surface area contributed by atoms with Gasteiger partial charge in [0.1, 0.15) is 13.2 Å². The van der Waals surface area contributed by atoms with Crippen LogP contribution in [0.1, 0.15) is 12.8 Å². The number of ether oxygens (including phenoxy) is 1. The van der Waals surface area contributed by atoms with E-state index in [9.17, 15) is 18.0 Å². The van der Waals surface area contributed by atoms with Gasteiger partial charge in [-0.15, -0.1) is 0 Å². The summed E-state index contributed by atoms with van der Waals surface area (Å²) in [5.74, 6) is -0.614. The van der Waals surface area contributed by atoms with Crippen molar-refractivity contribution in [1.82, 2.24) is 5.32 Å². The normalized spacial score (nSPS) is 10.8. The second-order valence-electron chi connectivity index (χ2n) is 2.72. The van der Waals surface area contributed by atoms with E-state index < -0.39 is 25.3 Å². The number of carbonyl (C=O) groups is 1. The number of hydrogen-bond acceptors (Lipinski definition) is 3. The van der Waals surface area contributed by atoms with Crippen LogP contribution in [0.3, 0.4) is 0 Å². The van der Waals surface area contributed by atoms with Crippen LogP contribution in [-0.4, -0.2) is 31.8 Å². The molecular formula is C8H11F3N2O2. The summed E-state index contributed by atoms with van der Waals surface area (Å²) in [6.07, 6.45) is -3.65. The monoisotopic (exact) mass is 224 g/mol. The molecule has 0 radical (unpaired) electrons. The zero-order chi connectivity index (χ0) is 11.7. The minimum absolute atomic E-state index is 0.266. The van der Waals surface area contributed by atoms with Crippen molar-refractivity contribution in [1.29, 1.82) is 5.26 Å². The van der Waals surface area contributed by atoms with Crippen LogP contribution >= 0.6 is 0 Å². The van der Waals surface area contributed by atoms with Gasteiger partial charge in [-0.05, 0) is 6.42 Å². The lowest BCUT2D eigenvalue weighted by Gasteiger charge is -2.07. The molecule has 0 aliphatic carbocycles. The molecule has 0 aromatic carbocycles. The molecule has 0 aliphatic heterocycles. The maximum absolute atomic E-state index is 11.6. The van der Waals surface area contributed by atoms with E-state index in [4.69, 9.17) is 5.26 Å². The van der Waals surface area contributed by atoms with Crippen LogP contribution in [0.25, 0.3) is 0 Å². The first kappa shape index (κ1) is 13.7. The number of halogens is 3. The van der Waals surface area contributed by atoms with E-state index in [0.29, 0.717) is 12.8 Å². The highest BCUT2D eigenvalue weighted by atomic mass is 19.4. The summed E-state index contributed by atoms with van der Waals surface area (Å²) in [7, 11) is 0. The summed E-state index contributed by atoms with van der Waals surface area (Å²) in [4.78, 5) is 10.8. The van der Waals surface area contributed by atoms with Crippen molar-refractivity contribution in [3.8, 4) is 6.07 Å². The molecule has 4 nitrogen and oxygen atoms in total. The Labute approximate surface area is 85.0 Å². The molecule has 15 heavy (non-hydrogen) atoms. The van der Waals surface area contributed by atoms with E-state index in [1.165, 1.54) is 0 Å². The van der Waals surface area contributed by atoms with Crippen molar-refractivity contribution in [3.63, 3.8) is 0 Å². The Kier molecular flexibility index (Phi) is 6.45. The molecule has 86 valence electrons. The third kappa shape index (κ3) is 10.6. The van der Waals surface area contributed by atoms with Gasteiger partial charge in [0.15, 0.2) is 0 Å². The zero-order valence-electron chi connectivity index (χ0n) is 7.93. The Morgan fingerprint density at radius 1 is 1.47 bits per heavy atom. The average Bonchev–Trinajstić information content (AvgIpc) is 2.10. The predicted molar refractivity (Wildman–Crippen MR) is 44.7 cm³/mol. The lowest BCUT2D eigenvalue weighted by atomic mass is 10.3. The van der Waals surface area contributed by atoms with Gasteiger partial charge < -0.3 is 10.1 Å². The van der Waals surface area contributed by atoms with Gasteiger partial charge in [0.2, 0.25) is 5.91 Å². The largest absolute Gasteiger partial charge is 0.411 e. The summed E-state index contributed by atoms with van der Waals surface area (Å²) in [5.41, 5.74) is 0. The van der Waals surface area contributed by atoms with E-state index in [1.54, 1.807) is 0 Å². The number of unbranched alkanes of at least 4 members (excludes halogenated alkanes) is 1. The van der Waals surface area contributed by atoms with Gasteiger partial charge in [-0.25, -0.2) is 0 Å². The predicted octanol–water partition coefficient (Wildman–Crippen LogP) is 0.985. The summed E-state index contributed by atoms with van der Waals surface area (Å²) in [6, 6.07) is 1.87. The van der Waals surface area contributed by atoms with Crippen molar-refractivity contribution in [3.05, 3.63) is 0 Å². The third-order valence-electron chi connectivity index (χ3n) is 1.29. The SMILES string of the molecule is N#CCCCNC(=O)COCC(F)(F)F. The molecule has 0 aromatic rings. The molecule has 0 aromatic heterocycles. The van der Waals surface area contributed by atoms with Crippen LogP contribution in [-0.2, 0) is 9.53 Å². The molecule has 1 N–H and O–H groups in total. The Hall–Kier alpha value is -1.29. The lowest BCUT2D eigenvalue weighted by molar-refractivity contribution is -0.175. The second-order valence-corrected chi connectivity index (χ2v) is 2.72. The maximum Gasteiger partial charge on any atom is 0.411 e. The number of nitriles is 1. The average molecular weight is 224 g/mol. The van der Waals surface area contributed by atoms with Gasteiger partial charge in [-0.1, -0.05) is 0 Å². The molecule has 0 bridgehead atoms. The molecule has 0 heterocycles. The van der Waals surface area contributed by atoms with Crippen LogP contribution in [0, 0.1) is 11.3 Å². The van der Waals surface area contributed by atoms with Gasteiger partial charge in [0.05, 0.1) is 6.07 Å². The lowest BCUT2D eigenvalue weighted by Crippen LogP contribution is -2.30. The first-order valence-electron chi connectivity index (χ1n) is 4.24. The van der Waals surface area contributed by atoms with Crippen molar-refractivity contribution >= 4 is 5.91 Å². The maximum atomic E-state index is 11.6. The number of nitrogens with one attached hydrogen (secondary N) is 1. The molecule has 0 unspecified atom stereocenters. The van der Waals surface area contributed by atoms with E-state index in [0.717, 1.165) is 0 Å². The number of alkyl halides is 3. The van der Waals surface area contributed by atoms with E-state index in [1.807, 2.05) is 6.07 Å². The highest BCUT2D eigenvalue weighted by Gasteiger charge is 2.27. The molecule has 0 fully saturated rings. The molecule has 0 saturated carbocycles. The zero-order valence-corrected chi connectivity index (χ0v) is 7.93. The van der Waals surface area contributed by atoms with Crippen molar-refractivity contribution in [2.75, 3.05) is 19.8 Å². The highest BCUT2D eigenvalue weighted by molar-refractivity contribution is 5.77. The summed E-state index contributed by atoms with van der Waals surface area (Å²) in [6.45, 7) is -1.79. The van der Waals surface area contributed by atoms with E-state index in [2.05, 4.69) is 10.1 Å². The first-order chi connectivity index (χ1) is 6.95. The first-order valence-corrected chi connectivity index (χ1v) is 4.24. The van der Waals surface area contributed by atoms with Gasteiger partial charge in [0.25, 0.3) is 0 Å². The number of carbonyl (C=O) groups excluding carboxylic acids is 1. The summed E-state index contributed by atoms with van der Waals surface area (Å²) in [5, 5.41) is 10.5. The molecule has 0 spiro atoms. The van der Waals surface area contributed by atoms with Crippen molar-refractivity contribution in [2.45, 2.75) is 19.0 Å². The topological polar surface area (TPSA) is 62.1 Å². The quantitative estimate of drug-likeness (QED) is 0.684. The summed E-state index contributed by atoms with van der Waals surface area (Å²) >= 11 is 0. The molecule has 0 atom stereocenters. The molecule has 1 amide bonds. The van der Waals surface area contributed by atoms with Crippen LogP contribution in [0.2, 0.25) is 0 Å². The fourth-order valence-electron chi connectivity index (χ4n) is 0.706. The van der Waals surface area contributed by atoms with Crippen LogP contribution in [0.15, 0.2) is 0 Å². The van der Waals surface area contributed by atoms with E-state index in [-0.39, 0.29) is 6.54 Å². The van der Waals surface area contributed by atoms with Crippen molar-refractivity contribution < 1.29 is 22.7 Å². The fourth-order valence-corrected chi connectivity index (χ4v) is 0.706.